The molecular formula is C16H31FN2. The summed E-state index contributed by atoms with van der Waals surface area (Å²) in [5, 5.41) is 3.35. The molecule has 0 aliphatic carbocycles. The van der Waals surface area contributed by atoms with Crippen molar-refractivity contribution in [3.8, 4) is 0 Å². The second-order valence-electron chi connectivity index (χ2n) is 6.60. The monoisotopic (exact) mass is 270 g/mol. The van der Waals surface area contributed by atoms with Crippen molar-refractivity contribution in [3.05, 3.63) is 24.4 Å². The predicted octanol–water partition coefficient (Wildman–Crippen LogP) is 3.79. The van der Waals surface area contributed by atoms with Crippen LogP contribution in [0, 0.1) is 11.3 Å². The summed E-state index contributed by atoms with van der Waals surface area (Å²) in [6, 6.07) is -0.0614. The molecule has 0 aromatic carbocycles. The molecule has 3 heteroatoms. The quantitative estimate of drug-likeness (QED) is 0.658. The summed E-state index contributed by atoms with van der Waals surface area (Å²) in [4.78, 5) is 0. The molecule has 0 aliphatic rings. The van der Waals surface area contributed by atoms with Crippen LogP contribution >= 0.6 is 0 Å². The highest BCUT2D eigenvalue weighted by Crippen LogP contribution is 2.29. The van der Waals surface area contributed by atoms with Crippen molar-refractivity contribution in [1.29, 1.82) is 0 Å². The minimum Gasteiger partial charge on any atom is -0.381 e. The van der Waals surface area contributed by atoms with E-state index in [0.717, 1.165) is 17.7 Å². The Bertz CT molecular complexity index is 302. The molecule has 0 fully saturated rings. The molecule has 0 aromatic heterocycles. The van der Waals surface area contributed by atoms with Crippen molar-refractivity contribution < 1.29 is 4.39 Å². The molecule has 19 heavy (non-hydrogen) atoms. The maximum atomic E-state index is 12.4. The van der Waals surface area contributed by atoms with E-state index in [1.807, 2.05) is 0 Å². The molecule has 2 atom stereocenters. The van der Waals surface area contributed by atoms with Crippen LogP contribution in [0.5, 0.6) is 0 Å². The Kier molecular flexibility index (Phi) is 7.35. The highest BCUT2D eigenvalue weighted by atomic mass is 19.1. The summed E-state index contributed by atoms with van der Waals surface area (Å²) in [5.74, 6) is 0.324. The molecule has 0 aliphatic heterocycles. The molecule has 0 heterocycles. The average molecular weight is 270 g/mol. The van der Waals surface area contributed by atoms with E-state index < -0.39 is 0 Å². The van der Waals surface area contributed by atoms with Gasteiger partial charge in [0.1, 0.15) is 0 Å². The molecule has 2 unspecified atom stereocenters. The Balaban J connectivity index is 4.78. The first-order chi connectivity index (χ1) is 8.61. The maximum Gasteiger partial charge on any atom is 0.0895 e. The SMILES string of the molecule is C=C(NC(CCCF)C(=C)C(C)(C)C)C(N)C(C)C. The van der Waals surface area contributed by atoms with Crippen molar-refractivity contribution >= 4 is 0 Å². The van der Waals surface area contributed by atoms with Gasteiger partial charge in [0.05, 0.1) is 6.67 Å². The second-order valence-corrected chi connectivity index (χ2v) is 6.60. The zero-order chi connectivity index (χ0) is 15.2. The van der Waals surface area contributed by atoms with E-state index >= 15 is 0 Å². The number of hydrogen-bond acceptors (Lipinski definition) is 2. The van der Waals surface area contributed by atoms with Gasteiger partial charge in [-0.2, -0.15) is 0 Å². The normalized spacial score (nSPS) is 15.2. The highest BCUT2D eigenvalue weighted by molar-refractivity contribution is 5.18. The predicted molar refractivity (Wildman–Crippen MR) is 82.7 cm³/mol. The van der Waals surface area contributed by atoms with Gasteiger partial charge in [-0.3, -0.25) is 4.39 Å². The van der Waals surface area contributed by atoms with Crippen LogP contribution in [0.3, 0.4) is 0 Å². The second kappa shape index (κ2) is 7.68. The third kappa shape index (κ3) is 6.24. The molecule has 0 spiro atoms. The smallest absolute Gasteiger partial charge is 0.0895 e. The van der Waals surface area contributed by atoms with Gasteiger partial charge in [0.15, 0.2) is 0 Å². The van der Waals surface area contributed by atoms with E-state index in [-0.39, 0.29) is 24.2 Å². The molecule has 3 N–H and O–H groups in total. The van der Waals surface area contributed by atoms with Gasteiger partial charge in [0.25, 0.3) is 0 Å². The third-order valence-corrected chi connectivity index (χ3v) is 3.49. The zero-order valence-electron chi connectivity index (χ0n) is 13.2. The van der Waals surface area contributed by atoms with Gasteiger partial charge in [0, 0.05) is 17.8 Å². The van der Waals surface area contributed by atoms with Crippen LogP contribution in [0.2, 0.25) is 0 Å². The van der Waals surface area contributed by atoms with E-state index in [4.69, 9.17) is 5.73 Å². The van der Waals surface area contributed by atoms with E-state index in [2.05, 4.69) is 53.1 Å². The number of nitrogens with one attached hydrogen (secondary N) is 1. The van der Waals surface area contributed by atoms with Crippen LogP contribution in [0.25, 0.3) is 0 Å². The lowest BCUT2D eigenvalue weighted by atomic mass is 9.81. The van der Waals surface area contributed by atoms with Gasteiger partial charge >= 0.3 is 0 Å². The average Bonchev–Trinajstić information content (AvgIpc) is 2.30. The van der Waals surface area contributed by atoms with Gasteiger partial charge in [-0.25, -0.2) is 0 Å². The third-order valence-electron chi connectivity index (χ3n) is 3.49. The topological polar surface area (TPSA) is 38.0 Å². The van der Waals surface area contributed by atoms with Crippen LogP contribution < -0.4 is 11.1 Å². The highest BCUT2D eigenvalue weighted by Gasteiger charge is 2.25. The Labute approximate surface area is 118 Å². The fraction of sp³-hybridized carbons (Fsp3) is 0.750. The van der Waals surface area contributed by atoms with Gasteiger partial charge in [0.2, 0.25) is 0 Å². The van der Waals surface area contributed by atoms with Crippen LogP contribution in [-0.4, -0.2) is 18.8 Å². The molecule has 0 aromatic rings. The first-order valence-electron chi connectivity index (χ1n) is 7.07. The van der Waals surface area contributed by atoms with Crippen molar-refractivity contribution in [2.24, 2.45) is 17.1 Å². The minimum absolute atomic E-state index is 0.0177. The lowest BCUT2D eigenvalue weighted by Gasteiger charge is -2.33. The fourth-order valence-corrected chi connectivity index (χ4v) is 1.86. The van der Waals surface area contributed by atoms with Crippen LogP contribution in [-0.2, 0) is 0 Å². The summed E-state index contributed by atoms with van der Waals surface area (Å²) in [6.45, 7) is 18.4. The van der Waals surface area contributed by atoms with Gasteiger partial charge in [-0.15, -0.1) is 0 Å². The molecule has 0 radical (unpaired) electrons. The van der Waals surface area contributed by atoms with Gasteiger partial charge < -0.3 is 11.1 Å². The number of nitrogens with two attached hydrogens (primary N) is 1. The van der Waals surface area contributed by atoms with Crippen molar-refractivity contribution in [2.45, 2.75) is 59.5 Å². The van der Waals surface area contributed by atoms with E-state index in [9.17, 15) is 4.39 Å². The van der Waals surface area contributed by atoms with Crippen molar-refractivity contribution in [2.75, 3.05) is 6.67 Å². The summed E-state index contributed by atoms with van der Waals surface area (Å²) in [6.07, 6.45) is 1.24. The lowest BCUT2D eigenvalue weighted by Crippen LogP contribution is -2.42. The summed E-state index contributed by atoms with van der Waals surface area (Å²) < 4.78 is 12.4. The largest absolute Gasteiger partial charge is 0.381 e. The number of halogens is 1. The zero-order valence-corrected chi connectivity index (χ0v) is 13.2. The molecular weight excluding hydrogens is 239 g/mol. The lowest BCUT2D eigenvalue weighted by molar-refractivity contribution is 0.386. The summed E-state index contributed by atoms with van der Waals surface area (Å²) >= 11 is 0. The Hall–Kier alpha value is -0.830. The number of hydrogen-bond donors (Lipinski definition) is 2. The van der Waals surface area contributed by atoms with Crippen LogP contribution in [0.1, 0.15) is 47.5 Å². The number of rotatable bonds is 8. The van der Waals surface area contributed by atoms with Crippen molar-refractivity contribution in [1.82, 2.24) is 5.32 Å². The molecule has 0 amide bonds. The molecule has 0 saturated carbocycles. The molecule has 0 saturated heterocycles. The Morgan fingerprint density at radius 1 is 1.26 bits per heavy atom. The van der Waals surface area contributed by atoms with Crippen LogP contribution in [0.15, 0.2) is 24.4 Å². The first kappa shape index (κ1) is 18.2. The van der Waals surface area contributed by atoms with Gasteiger partial charge in [-0.05, 0) is 29.7 Å². The first-order valence-corrected chi connectivity index (χ1v) is 7.07. The summed E-state index contributed by atoms with van der Waals surface area (Å²) in [5.41, 5.74) is 7.94. The van der Waals surface area contributed by atoms with Crippen molar-refractivity contribution in [3.63, 3.8) is 0 Å². The van der Waals surface area contributed by atoms with Gasteiger partial charge in [-0.1, -0.05) is 47.8 Å². The van der Waals surface area contributed by atoms with E-state index in [1.54, 1.807) is 0 Å². The van der Waals surface area contributed by atoms with E-state index in [1.165, 1.54) is 0 Å². The Morgan fingerprint density at radius 2 is 1.79 bits per heavy atom. The molecule has 0 bridgehead atoms. The molecule has 2 nitrogen and oxygen atoms in total. The minimum atomic E-state index is -0.307. The van der Waals surface area contributed by atoms with Crippen LogP contribution in [0.4, 0.5) is 4.39 Å². The Morgan fingerprint density at radius 3 is 2.16 bits per heavy atom. The fourth-order valence-electron chi connectivity index (χ4n) is 1.86. The summed E-state index contributed by atoms with van der Waals surface area (Å²) in [7, 11) is 0. The number of alkyl halides is 1. The molecule has 112 valence electrons. The maximum absolute atomic E-state index is 12.4. The standard InChI is InChI=1S/C16H31FN2/c1-11(2)15(18)13(4)19-14(9-8-10-17)12(3)16(5,6)7/h11,14-15,19H,3-4,8-10,18H2,1-2,5-7H3. The van der Waals surface area contributed by atoms with E-state index in [0.29, 0.717) is 12.3 Å². The molecule has 0 rings (SSSR count).